The highest BCUT2D eigenvalue weighted by Crippen LogP contribution is 2.40. The number of hydrogen-bond acceptors (Lipinski definition) is 4. The van der Waals surface area contributed by atoms with Crippen LogP contribution in [0.15, 0.2) is 41.3 Å². The van der Waals surface area contributed by atoms with E-state index in [-0.39, 0.29) is 18.4 Å². The summed E-state index contributed by atoms with van der Waals surface area (Å²) >= 11 is 7.40. The van der Waals surface area contributed by atoms with Crippen molar-refractivity contribution in [2.45, 2.75) is 20.8 Å². The number of anilines is 1. The highest BCUT2D eigenvalue weighted by molar-refractivity contribution is 8.04. The van der Waals surface area contributed by atoms with Gasteiger partial charge in [0.25, 0.3) is 11.8 Å². The Morgan fingerprint density at radius 2 is 1.74 bits per heavy atom. The minimum absolute atomic E-state index is 0.0772. The van der Waals surface area contributed by atoms with E-state index in [2.05, 4.69) is 0 Å². The number of carbonyl (C=O) groups is 2. The Balaban J connectivity index is 2.12. The maximum absolute atomic E-state index is 13.3. The molecule has 0 unspecified atom stereocenters. The molecule has 6 heteroatoms. The van der Waals surface area contributed by atoms with E-state index in [1.807, 2.05) is 39.0 Å². The molecule has 0 fully saturated rings. The molecule has 0 saturated carbocycles. The van der Waals surface area contributed by atoms with Gasteiger partial charge in [0.05, 0.1) is 22.8 Å². The molecule has 2 amide bonds. The van der Waals surface area contributed by atoms with E-state index in [4.69, 9.17) is 11.6 Å². The lowest BCUT2D eigenvalue weighted by atomic mass is 9.99. The van der Waals surface area contributed by atoms with Crippen LogP contribution in [0.2, 0.25) is 5.02 Å². The number of aryl methyl sites for hydroxylation is 3. The number of hydrogen-bond donors (Lipinski definition) is 1. The van der Waals surface area contributed by atoms with Gasteiger partial charge < -0.3 is 5.11 Å². The average Bonchev–Trinajstić information content (AvgIpc) is 2.86. The molecule has 0 aromatic heterocycles. The second-order valence-electron chi connectivity index (χ2n) is 6.47. The van der Waals surface area contributed by atoms with Crippen LogP contribution in [-0.2, 0) is 9.59 Å². The van der Waals surface area contributed by atoms with E-state index in [1.54, 1.807) is 18.2 Å². The molecular weight excluding hydrogens is 382 g/mol. The smallest absolute Gasteiger partial charge is 0.272 e. The monoisotopic (exact) mass is 401 g/mol. The Labute approximate surface area is 167 Å². The second kappa shape index (κ2) is 7.89. The van der Waals surface area contributed by atoms with Crippen LogP contribution in [0.4, 0.5) is 5.69 Å². The molecule has 2 aromatic rings. The number of rotatable bonds is 5. The number of imide groups is 1. The molecule has 2 aromatic carbocycles. The number of aliphatic hydroxyl groups excluding tert-OH is 1. The third-order valence-corrected chi connectivity index (χ3v) is 5.91. The molecule has 3 rings (SSSR count). The van der Waals surface area contributed by atoms with E-state index in [0.29, 0.717) is 26.9 Å². The van der Waals surface area contributed by atoms with Gasteiger partial charge >= 0.3 is 0 Å². The molecule has 1 N–H and O–H groups in total. The highest BCUT2D eigenvalue weighted by Gasteiger charge is 2.40. The Kier molecular flexibility index (Phi) is 5.75. The molecule has 0 saturated heterocycles. The van der Waals surface area contributed by atoms with Crippen molar-refractivity contribution in [3.8, 4) is 0 Å². The van der Waals surface area contributed by atoms with Crippen molar-refractivity contribution in [2.24, 2.45) is 0 Å². The van der Waals surface area contributed by atoms with E-state index in [1.165, 1.54) is 16.7 Å². The van der Waals surface area contributed by atoms with E-state index < -0.39 is 0 Å². The standard InChI is InChI=1S/C21H20ClNO3S/c1-12-4-7-16(14(3)10-12)18-19(27-9-8-24)21(26)23(20(18)25)15-6-5-13(2)17(22)11-15/h4-7,10-11,24H,8-9H2,1-3H3. The SMILES string of the molecule is Cc1ccc(C2=C(SCCO)C(=O)N(c3ccc(C)c(Cl)c3)C2=O)c(C)c1. The van der Waals surface area contributed by atoms with Gasteiger partial charge in [-0.15, -0.1) is 11.8 Å². The number of amides is 2. The van der Waals surface area contributed by atoms with Crippen molar-refractivity contribution in [3.05, 3.63) is 68.6 Å². The van der Waals surface area contributed by atoms with Gasteiger partial charge in [0.1, 0.15) is 0 Å². The minimum atomic E-state index is -0.381. The van der Waals surface area contributed by atoms with Gasteiger partial charge in [-0.2, -0.15) is 0 Å². The molecule has 1 heterocycles. The Bertz CT molecular complexity index is 968. The molecule has 4 nitrogen and oxygen atoms in total. The summed E-state index contributed by atoms with van der Waals surface area (Å²) in [6, 6.07) is 10.9. The summed E-state index contributed by atoms with van der Waals surface area (Å²) in [5, 5.41) is 9.70. The fourth-order valence-corrected chi connectivity index (χ4v) is 4.10. The first kappa shape index (κ1) is 19.7. The molecule has 0 bridgehead atoms. The summed E-state index contributed by atoms with van der Waals surface area (Å²) in [7, 11) is 0. The number of thioether (sulfide) groups is 1. The minimum Gasteiger partial charge on any atom is -0.396 e. The summed E-state index contributed by atoms with van der Waals surface area (Å²) in [6.07, 6.45) is 0. The zero-order valence-electron chi connectivity index (χ0n) is 15.4. The van der Waals surface area contributed by atoms with Crippen molar-refractivity contribution >= 4 is 46.4 Å². The van der Waals surface area contributed by atoms with Crippen LogP contribution < -0.4 is 4.90 Å². The van der Waals surface area contributed by atoms with Crippen molar-refractivity contribution in [2.75, 3.05) is 17.3 Å². The van der Waals surface area contributed by atoms with Crippen molar-refractivity contribution in [3.63, 3.8) is 0 Å². The largest absolute Gasteiger partial charge is 0.396 e. The maximum atomic E-state index is 13.3. The lowest BCUT2D eigenvalue weighted by molar-refractivity contribution is -0.119. The van der Waals surface area contributed by atoms with Crippen LogP contribution in [0.5, 0.6) is 0 Å². The summed E-state index contributed by atoms with van der Waals surface area (Å²) in [6.45, 7) is 5.69. The predicted octanol–water partition coefficient (Wildman–Crippen LogP) is 4.28. The molecule has 1 aliphatic rings. The normalized spacial score (nSPS) is 14.5. The third kappa shape index (κ3) is 3.68. The van der Waals surface area contributed by atoms with E-state index in [0.717, 1.165) is 22.3 Å². The van der Waals surface area contributed by atoms with Crippen LogP contribution in [0, 0.1) is 20.8 Å². The van der Waals surface area contributed by atoms with Gasteiger partial charge in [-0.3, -0.25) is 9.59 Å². The molecule has 0 radical (unpaired) electrons. The highest BCUT2D eigenvalue weighted by atomic mass is 35.5. The van der Waals surface area contributed by atoms with Crippen LogP contribution in [0.1, 0.15) is 22.3 Å². The summed E-state index contributed by atoms with van der Waals surface area (Å²) in [4.78, 5) is 27.9. The van der Waals surface area contributed by atoms with Crippen LogP contribution in [0.3, 0.4) is 0 Å². The lowest BCUT2D eigenvalue weighted by Crippen LogP contribution is -2.31. The third-order valence-electron chi connectivity index (χ3n) is 4.44. The van der Waals surface area contributed by atoms with Crippen molar-refractivity contribution in [1.82, 2.24) is 0 Å². The van der Waals surface area contributed by atoms with Crippen LogP contribution in [-0.4, -0.2) is 29.3 Å². The van der Waals surface area contributed by atoms with Gasteiger partial charge in [0.2, 0.25) is 0 Å². The van der Waals surface area contributed by atoms with E-state index >= 15 is 0 Å². The molecule has 0 atom stereocenters. The zero-order chi connectivity index (χ0) is 19.7. The van der Waals surface area contributed by atoms with Gasteiger partial charge in [-0.25, -0.2) is 4.90 Å². The molecule has 27 heavy (non-hydrogen) atoms. The van der Waals surface area contributed by atoms with Crippen molar-refractivity contribution < 1.29 is 14.7 Å². The predicted molar refractivity (Wildman–Crippen MR) is 111 cm³/mol. The molecule has 0 aliphatic carbocycles. The quantitative estimate of drug-likeness (QED) is 0.760. The fourth-order valence-electron chi connectivity index (χ4n) is 3.08. The number of nitrogens with zero attached hydrogens (tertiary/aromatic N) is 1. The Morgan fingerprint density at radius 1 is 1.00 bits per heavy atom. The van der Waals surface area contributed by atoms with Crippen LogP contribution >= 0.6 is 23.4 Å². The first-order valence-electron chi connectivity index (χ1n) is 8.55. The van der Waals surface area contributed by atoms with Gasteiger partial charge in [-0.05, 0) is 49.6 Å². The van der Waals surface area contributed by atoms with Gasteiger partial charge in [-0.1, -0.05) is 41.4 Å². The summed E-state index contributed by atoms with van der Waals surface area (Å²) in [5.41, 5.74) is 4.45. The first-order chi connectivity index (χ1) is 12.8. The maximum Gasteiger partial charge on any atom is 0.272 e. The van der Waals surface area contributed by atoms with Gasteiger partial charge in [0, 0.05) is 10.8 Å². The molecule has 0 spiro atoms. The van der Waals surface area contributed by atoms with Gasteiger partial charge in [0.15, 0.2) is 0 Å². The van der Waals surface area contributed by atoms with Crippen LogP contribution in [0.25, 0.3) is 5.57 Å². The first-order valence-corrected chi connectivity index (χ1v) is 9.92. The summed E-state index contributed by atoms with van der Waals surface area (Å²) in [5.74, 6) is -0.411. The Morgan fingerprint density at radius 3 is 2.37 bits per heavy atom. The average molecular weight is 402 g/mol. The zero-order valence-corrected chi connectivity index (χ0v) is 16.9. The molecule has 1 aliphatic heterocycles. The molecule has 140 valence electrons. The summed E-state index contributed by atoms with van der Waals surface area (Å²) < 4.78 is 0. The Hall–Kier alpha value is -2.08. The fraction of sp³-hybridized carbons (Fsp3) is 0.238. The second-order valence-corrected chi connectivity index (χ2v) is 7.99. The number of aliphatic hydroxyl groups is 1. The number of carbonyl (C=O) groups excluding carboxylic acids is 2. The topological polar surface area (TPSA) is 57.6 Å². The van der Waals surface area contributed by atoms with Crippen molar-refractivity contribution in [1.29, 1.82) is 0 Å². The van der Waals surface area contributed by atoms with E-state index in [9.17, 15) is 14.7 Å². The lowest BCUT2D eigenvalue weighted by Gasteiger charge is -2.16. The number of benzene rings is 2. The number of halogens is 1. The molecular formula is C21H20ClNO3S.